The van der Waals surface area contributed by atoms with Crippen LogP contribution < -0.4 is 0 Å². The highest BCUT2D eigenvalue weighted by atomic mass is 15.2. The topological polar surface area (TPSA) is 15.6 Å². The van der Waals surface area contributed by atoms with Gasteiger partial charge < -0.3 is 4.90 Å². The van der Waals surface area contributed by atoms with Gasteiger partial charge in [-0.1, -0.05) is 60.7 Å². The molecule has 3 rings (SSSR count). The Labute approximate surface area is 146 Å². The maximum absolute atomic E-state index is 5.04. The van der Waals surface area contributed by atoms with Crippen molar-refractivity contribution in [1.29, 1.82) is 0 Å². The van der Waals surface area contributed by atoms with Crippen LogP contribution in [0.5, 0.6) is 0 Å². The standard InChI is InChI=1S/C22H28N2/c1-3-24(4-2)22-16-20(18-11-7-5-8-12-18)15-21(17-23-22)19-13-9-6-10-14-19/h5-14,20-21H,3-4,15-17H2,1-2H3. The lowest BCUT2D eigenvalue weighted by Gasteiger charge is -2.25. The molecule has 1 aliphatic heterocycles. The second-order valence-electron chi connectivity index (χ2n) is 6.58. The number of amidine groups is 1. The Balaban J connectivity index is 1.91. The third-order valence-electron chi connectivity index (χ3n) is 5.16. The predicted molar refractivity (Wildman–Crippen MR) is 103 cm³/mol. The number of hydrogen-bond acceptors (Lipinski definition) is 2. The largest absolute Gasteiger partial charge is 0.361 e. The van der Waals surface area contributed by atoms with E-state index in [1.54, 1.807) is 0 Å². The van der Waals surface area contributed by atoms with Crippen molar-refractivity contribution in [3.8, 4) is 0 Å². The van der Waals surface area contributed by atoms with Gasteiger partial charge in [0.25, 0.3) is 0 Å². The number of benzene rings is 2. The molecule has 126 valence electrons. The van der Waals surface area contributed by atoms with E-state index in [1.165, 1.54) is 23.4 Å². The molecule has 24 heavy (non-hydrogen) atoms. The number of nitrogens with zero attached hydrogens (tertiary/aromatic N) is 2. The molecule has 0 N–H and O–H groups in total. The van der Waals surface area contributed by atoms with Gasteiger partial charge in [0.2, 0.25) is 0 Å². The molecule has 2 atom stereocenters. The summed E-state index contributed by atoms with van der Waals surface area (Å²) in [7, 11) is 0. The van der Waals surface area contributed by atoms with Crippen LogP contribution in [0.4, 0.5) is 0 Å². The van der Waals surface area contributed by atoms with Gasteiger partial charge in [0, 0.05) is 32.0 Å². The van der Waals surface area contributed by atoms with Gasteiger partial charge in [-0.2, -0.15) is 0 Å². The highest BCUT2D eigenvalue weighted by Crippen LogP contribution is 2.35. The van der Waals surface area contributed by atoms with Gasteiger partial charge in [0.15, 0.2) is 0 Å². The molecule has 2 aromatic carbocycles. The minimum Gasteiger partial charge on any atom is -0.361 e. The Morgan fingerprint density at radius 2 is 1.38 bits per heavy atom. The quantitative estimate of drug-likeness (QED) is 0.766. The van der Waals surface area contributed by atoms with Crippen molar-refractivity contribution in [3.05, 3.63) is 71.8 Å². The smallest absolute Gasteiger partial charge is 0.0995 e. The zero-order valence-corrected chi connectivity index (χ0v) is 14.9. The van der Waals surface area contributed by atoms with Crippen molar-refractivity contribution in [1.82, 2.24) is 4.90 Å². The number of hydrogen-bond donors (Lipinski definition) is 0. The number of rotatable bonds is 4. The SMILES string of the molecule is CCN(CC)C1=NCC(c2ccccc2)CC(c2ccccc2)C1. The van der Waals surface area contributed by atoms with Gasteiger partial charge in [-0.25, -0.2) is 0 Å². The second kappa shape index (κ2) is 8.14. The summed E-state index contributed by atoms with van der Waals surface area (Å²) in [5, 5.41) is 0. The molecule has 2 nitrogen and oxygen atoms in total. The Morgan fingerprint density at radius 1 is 0.833 bits per heavy atom. The fourth-order valence-corrected chi connectivity index (χ4v) is 3.77. The maximum atomic E-state index is 5.04. The van der Waals surface area contributed by atoms with Crippen LogP contribution in [-0.4, -0.2) is 30.4 Å². The van der Waals surface area contributed by atoms with E-state index in [1.807, 2.05) is 0 Å². The molecule has 0 amide bonds. The molecule has 0 radical (unpaired) electrons. The summed E-state index contributed by atoms with van der Waals surface area (Å²) in [6.45, 7) is 7.42. The van der Waals surface area contributed by atoms with Gasteiger partial charge in [-0.05, 0) is 37.3 Å². The molecule has 2 heteroatoms. The molecule has 0 aliphatic carbocycles. The minimum absolute atomic E-state index is 0.504. The van der Waals surface area contributed by atoms with Crippen LogP contribution in [0.15, 0.2) is 65.7 Å². The lowest BCUT2D eigenvalue weighted by atomic mass is 9.84. The predicted octanol–water partition coefficient (Wildman–Crippen LogP) is 5.09. The van der Waals surface area contributed by atoms with Crippen LogP contribution in [-0.2, 0) is 0 Å². The van der Waals surface area contributed by atoms with Crippen molar-refractivity contribution in [2.75, 3.05) is 19.6 Å². The lowest BCUT2D eigenvalue weighted by molar-refractivity contribution is 0.448. The summed E-state index contributed by atoms with van der Waals surface area (Å²) in [6, 6.07) is 21.9. The summed E-state index contributed by atoms with van der Waals surface area (Å²) in [6.07, 6.45) is 2.22. The molecule has 1 aliphatic rings. The molecule has 2 aromatic rings. The van der Waals surface area contributed by atoms with Gasteiger partial charge in [-0.15, -0.1) is 0 Å². The van der Waals surface area contributed by atoms with Gasteiger partial charge in [0.1, 0.15) is 0 Å². The van der Waals surface area contributed by atoms with E-state index in [9.17, 15) is 0 Å². The third kappa shape index (κ3) is 3.87. The first kappa shape index (κ1) is 16.8. The normalized spacial score (nSPS) is 21.0. The van der Waals surface area contributed by atoms with Crippen LogP contribution in [0, 0.1) is 0 Å². The van der Waals surface area contributed by atoms with Crippen LogP contribution >= 0.6 is 0 Å². The second-order valence-corrected chi connectivity index (χ2v) is 6.58. The molecule has 0 spiro atoms. The average Bonchev–Trinajstić information content (AvgIpc) is 2.88. The molecule has 0 bridgehead atoms. The van der Waals surface area contributed by atoms with E-state index in [-0.39, 0.29) is 0 Å². The van der Waals surface area contributed by atoms with Crippen molar-refractivity contribution in [3.63, 3.8) is 0 Å². The lowest BCUT2D eigenvalue weighted by Crippen LogP contribution is -2.31. The Morgan fingerprint density at radius 3 is 1.92 bits per heavy atom. The zero-order valence-electron chi connectivity index (χ0n) is 14.9. The first-order valence-corrected chi connectivity index (χ1v) is 9.20. The number of aliphatic imine (C=N–C) groups is 1. The summed E-state index contributed by atoms with van der Waals surface area (Å²) in [4.78, 5) is 7.46. The van der Waals surface area contributed by atoms with Crippen LogP contribution in [0.3, 0.4) is 0 Å². The minimum atomic E-state index is 0.504. The van der Waals surface area contributed by atoms with Gasteiger partial charge >= 0.3 is 0 Å². The molecule has 0 saturated carbocycles. The zero-order chi connectivity index (χ0) is 16.8. The molecule has 0 saturated heterocycles. The van der Waals surface area contributed by atoms with E-state index in [0.717, 1.165) is 26.1 Å². The Kier molecular flexibility index (Phi) is 5.68. The summed E-state index contributed by atoms with van der Waals surface area (Å²) >= 11 is 0. The molecule has 0 fully saturated rings. The average molecular weight is 320 g/mol. The van der Waals surface area contributed by atoms with E-state index in [4.69, 9.17) is 4.99 Å². The van der Waals surface area contributed by atoms with E-state index in [2.05, 4.69) is 79.4 Å². The fraction of sp³-hybridized carbons (Fsp3) is 0.409. The summed E-state index contributed by atoms with van der Waals surface area (Å²) < 4.78 is 0. The third-order valence-corrected chi connectivity index (χ3v) is 5.16. The summed E-state index contributed by atoms with van der Waals surface area (Å²) in [5.74, 6) is 2.33. The highest BCUT2D eigenvalue weighted by Gasteiger charge is 2.26. The monoisotopic (exact) mass is 320 g/mol. The van der Waals surface area contributed by atoms with Crippen molar-refractivity contribution in [2.24, 2.45) is 4.99 Å². The van der Waals surface area contributed by atoms with Crippen LogP contribution in [0.25, 0.3) is 0 Å². The molecular formula is C22H28N2. The molecule has 1 heterocycles. The van der Waals surface area contributed by atoms with Crippen LogP contribution in [0.1, 0.15) is 49.7 Å². The molecule has 0 aromatic heterocycles. The Hall–Kier alpha value is -2.09. The molecule has 2 unspecified atom stereocenters. The van der Waals surface area contributed by atoms with Crippen molar-refractivity contribution < 1.29 is 0 Å². The summed E-state index contributed by atoms with van der Waals surface area (Å²) in [5.41, 5.74) is 2.86. The van der Waals surface area contributed by atoms with E-state index >= 15 is 0 Å². The van der Waals surface area contributed by atoms with Crippen molar-refractivity contribution in [2.45, 2.75) is 38.5 Å². The van der Waals surface area contributed by atoms with Crippen molar-refractivity contribution >= 4 is 5.84 Å². The highest BCUT2D eigenvalue weighted by molar-refractivity contribution is 5.83. The first-order chi connectivity index (χ1) is 11.8. The van der Waals surface area contributed by atoms with Gasteiger partial charge in [-0.3, -0.25) is 4.99 Å². The van der Waals surface area contributed by atoms with E-state index < -0.39 is 0 Å². The fourth-order valence-electron chi connectivity index (χ4n) is 3.77. The van der Waals surface area contributed by atoms with Gasteiger partial charge in [0.05, 0.1) is 5.84 Å². The van der Waals surface area contributed by atoms with Crippen LogP contribution in [0.2, 0.25) is 0 Å². The molecular weight excluding hydrogens is 292 g/mol. The first-order valence-electron chi connectivity index (χ1n) is 9.20. The van der Waals surface area contributed by atoms with E-state index in [0.29, 0.717) is 11.8 Å². The maximum Gasteiger partial charge on any atom is 0.0995 e. The Bertz CT molecular complexity index is 644.